The van der Waals surface area contributed by atoms with Crippen LogP contribution in [0.5, 0.6) is 0 Å². The van der Waals surface area contributed by atoms with Gasteiger partial charge in [0.05, 0.1) is 23.9 Å². The van der Waals surface area contributed by atoms with E-state index in [1.165, 1.54) is 13.8 Å². The third-order valence-electron chi connectivity index (χ3n) is 10.9. The molecule has 4 heterocycles. The van der Waals surface area contributed by atoms with E-state index >= 15 is 0 Å². The lowest BCUT2D eigenvalue weighted by Crippen LogP contribution is -2.64. The first kappa shape index (κ1) is 25.6. The predicted octanol–water partition coefficient (Wildman–Crippen LogP) is 1.58. The number of fused-ring (bicyclic) bond motifs is 5. The molecular weight excluding hydrogens is 502 g/mol. The number of ether oxygens (including phenoxy) is 4. The maximum Gasteiger partial charge on any atom is 0.303 e. The van der Waals surface area contributed by atoms with Crippen LogP contribution in [0, 0.1) is 29.1 Å². The van der Waals surface area contributed by atoms with E-state index in [1.54, 1.807) is 6.92 Å². The lowest BCUT2D eigenvalue weighted by atomic mass is 9.50. The molecule has 14 atom stereocenters. The SMILES string of the molecule is CC(=O)O[C@@H]1[C@H]2O[C@H]2[C@@](C)(O)C(=O)[C@@H](C)C[C@@H]2O[C@H]2[C@@H]2[C@@H]3O[C@]3(C)[C@@H](C)[C@H]3[C@H](Cc4ccccc4)NC(=O)[C@@]321. The van der Waals surface area contributed by atoms with Gasteiger partial charge >= 0.3 is 5.97 Å². The van der Waals surface area contributed by atoms with Crippen LogP contribution >= 0.6 is 0 Å². The summed E-state index contributed by atoms with van der Waals surface area (Å²) in [6.45, 7) is 8.81. The van der Waals surface area contributed by atoms with Crippen molar-refractivity contribution in [1.82, 2.24) is 5.32 Å². The fraction of sp³-hybridized carbons (Fsp3) is 0.700. The number of ketones is 1. The highest BCUT2D eigenvalue weighted by Gasteiger charge is 2.84. The molecule has 2 saturated carbocycles. The van der Waals surface area contributed by atoms with Gasteiger partial charge in [0.25, 0.3) is 0 Å². The van der Waals surface area contributed by atoms with Crippen LogP contribution in [0.15, 0.2) is 30.3 Å². The van der Waals surface area contributed by atoms with Gasteiger partial charge in [-0.15, -0.1) is 0 Å². The number of esters is 1. The minimum atomic E-state index is -1.79. The number of amides is 1. The van der Waals surface area contributed by atoms with Crippen molar-refractivity contribution in [3.05, 3.63) is 35.9 Å². The minimum Gasteiger partial charge on any atom is -0.458 e. The van der Waals surface area contributed by atoms with Crippen molar-refractivity contribution in [2.45, 2.75) is 101 Å². The number of carbonyl (C=O) groups is 3. The second-order valence-corrected chi connectivity index (χ2v) is 13.1. The van der Waals surface area contributed by atoms with E-state index < -0.39 is 52.7 Å². The molecule has 0 aromatic heterocycles. The molecule has 1 aromatic carbocycles. The summed E-state index contributed by atoms with van der Waals surface area (Å²) in [5.41, 5.74) is -2.36. The summed E-state index contributed by atoms with van der Waals surface area (Å²) in [4.78, 5) is 40.5. The predicted molar refractivity (Wildman–Crippen MR) is 136 cm³/mol. The van der Waals surface area contributed by atoms with Crippen LogP contribution in [0.25, 0.3) is 0 Å². The molecule has 0 bridgehead atoms. The number of hydrogen-bond donors (Lipinski definition) is 2. The second-order valence-electron chi connectivity index (χ2n) is 13.1. The zero-order valence-electron chi connectivity index (χ0n) is 23.0. The number of benzene rings is 1. The summed E-state index contributed by atoms with van der Waals surface area (Å²) in [6, 6.07) is 9.79. The number of rotatable bonds is 3. The molecule has 9 heteroatoms. The van der Waals surface area contributed by atoms with Gasteiger partial charge in [-0.05, 0) is 38.2 Å². The molecule has 39 heavy (non-hydrogen) atoms. The molecule has 1 spiro atoms. The number of aliphatic hydroxyl groups is 1. The van der Waals surface area contributed by atoms with Crippen LogP contribution in [0.3, 0.4) is 0 Å². The molecule has 4 saturated heterocycles. The van der Waals surface area contributed by atoms with E-state index in [2.05, 4.69) is 19.2 Å². The van der Waals surface area contributed by atoms with Crippen LogP contribution in [-0.4, -0.2) is 76.6 Å². The average molecular weight is 540 g/mol. The van der Waals surface area contributed by atoms with Gasteiger partial charge in [0.2, 0.25) is 5.91 Å². The van der Waals surface area contributed by atoms with E-state index in [-0.39, 0.29) is 47.9 Å². The largest absolute Gasteiger partial charge is 0.458 e. The van der Waals surface area contributed by atoms with Gasteiger partial charge in [0.15, 0.2) is 5.78 Å². The Morgan fingerprint density at radius 3 is 2.49 bits per heavy atom. The fourth-order valence-corrected chi connectivity index (χ4v) is 8.82. The molecule has 210 valence electrons. The lowest BCUT2D eigenvalue weighted by molar-refractivity contribution is -0.175. The Kier molecular flexibility index (Phi) is 5.33. The summed E-state index contributed by atoms with van der Waals surface area (Å²) < 4.78 is 24.8. The standard InChI is InChI=1S/C30H37NO8/c1-13-11-18-21(37-18)20-24-29(5,39-24)14(2)19-17(12-16-9-7-6-8-10-16)31-27(34)30(19,20)26(36-15(3)32)22-25(38-22)28(4,35)23(13)33/h6-10,13-14,17-22,24-26,35H,11-12H2,1-5H3,(H,31,34)/t13-,14-,17-,18-,19-,20+,21+,22-,24-,25+,26+,28-,29+,30-/m0/s1. The molecule has 0 radical (unpaired) electrons. The molecule has 6 aliphatic rings. The third kappa shape index (κ3) is 3.42. The number of hydrogen-bond acceptors (Lipinski definition) is 8. The normalized spacial score (nSPS) is 53.0. The lowest BCUT2D eigenvalue weighted by Gasteiger charge is -2.50. The molecular formula is C30H37NO8. The highest BCUT2D eigenvalue weighted by molar-refractivity contribution is 5.91. The molecule has 7 rings (SSSR count). The quantitative estimate of drug-likeness (QED) is 0.438. The Morgan fingerprint density at radius 1 is 1.08 bits per heavy atom. The molecule has 9 nitrogen and oxygen atoms in total. The smallest absolute Gasteiger partial charge is 0.303 e. The topological polar surface area (TPSA) is 130 Å². The molecule has 6 fully saturated rings. The highest BCUT2D eigenvalue weighted by atomic mass is 16.6. The van der Waals surface area contributed by atoms with E-state index in [4.69, 9.17) is 18.9 Å². The third-order valence-corrected chi connectivity index (χ3v) is 10.9. The van der Waals surface area contributed by atoms with Crippen LogP contribution in [-0.2, 0) is 39.8 Å². The first-order valence-corrected chi connectivity index (χ1v) is 14.2. The van der Waals surface area contributed by atoms with Crippen molar-refractivity contribution in [2.24, 2.45) is 29.1 Å². The summed E-state index contributed by atoms with van der Waals surface area (Å²) in [6.07, 6.45) is -2.50. The Morgan fingerprint density at radius 2 is 1.79 bits per heavy atom. The Hall–Kier alpha value is -2.33. The van der Waals surface area contributed by atoms with Gasteiger partial charge in [-0.3, -0.25) is 14.4 Å². The van der Waals surface area contributed by atoms with Crippen molar-refractivity contribution < 1.29 is 38.4 Å². The Bertz CT molecular complexity index is 1230. The van der Waals surface area contributed by atoms with Crippen molar-refractivity contribution in [3.63, 3.8) is 0 Å². The van der Waals surface area contributed by atoms with E-state index in [1.807, 2.05) is 30.3 Å². The number of Topliss-reactive ketones (excluding diaryl/α,β-unsaturated/α-hetero) is 1. The maximum absolute atomic E-state index is 14.5. The van der Waals surface area contributed by atoms with E-state index in [9.17, 15) is 19.5 Å². The number of carbonyl (C=O) groups excluding carboxylic acids is 3. The summed E-state index contributed by atoms with van der Waals surface area (Å²) >= 11 is 0. The summed E-state index contributed by atoms with van der Waals surface area (Å²) in [5.74, 6) is -2.25. The van der Waals surface area contributed by atoms with Gasteiger partial charge in [0.1, 0.15) is 29.3 Å². The van der Waals surface area contributed by atoms with Crippen molar-refractivity contribution in [2.75, 3.05) is 0 Å². The van der Waals surface area contributed by atoms with Crippen LogP contribution in [0.4, 0.5) is 0 Å². The molecule has 2 aliphatic carbocycles. The molecule has 1 aromatic rings. The summed E-state index contributed by atoms with van der Waals surface area (Å²) in [7, 11) is 0. The molecule has 4 aliphatic heterocycles. The van der Waals surface area contributed by atoms with Crippen molar-refractivity contribution >= 4 is 17.7 Å². The van der Waals surface area contributed by atoms with E-state index in [0.717, 1.165) is 5.56 Å². The van der Waals surface area contributed by atoms with E-state index in [0.29, 0.717) is 12.8 Å². The Labute approximate surface area is 227 Å². The van der Waals surface area contributed by atoms with Gasteiger partial charge in [-0.25, -0.2) is 0 Å². The monoisotopic (exact) mass is 539 g/mol. The minimum absolute atomic E-state index is 0.0509. The fourth-order valence-electron chi connectivity index (χ4n) is 8.82. The highest BCUT2D eigenvalue weighted by Crippen LogP contribution is 2.70. The molecule has 2 N–H and O–H groups in total. The second kappa shape index (κ2) is 8.12. The van der Waals surface area contributed by atoms with Crippen LogP contribution in [0.2, 0.25) is 0 Å². The maximum atomic E-state index is 14.5. The summed E-state index contributed by atoms with van der Waals surface area (Å²) in [5, 5.41) is 14.7. The molecule has 0 unspecified atom stereocenters. The van der Waals surface area contributed by atoms with Gasteiger partial charge < -0.3 is 29.4 Å². The van der Waals surface area contributed by atoms with Crippen LogP contribution < -0.4 is 5.32 Å². The van der Waals surface area contributed by atoms with Gasteiger partial charge in [-0.1, -0.05) is 44.2 Å². The van der Waals surface area contributed by atoms with Gasteiger partial charge in [0, 0.05) is 30.7 Å². The van der Waals surface area contributed by atoms with Crippen molar-refractivity contribution in [3.8, 4) is 0 Å². The zero-order valence-corrected chi connectivity index (χ0v) is 23.0. The Balaban J connectivity index is 1.40. The van der Waals surface area contributed by atoms with Gasteiger partial charge in [-0.2, -0.15) is 0 Å². The number of epoxide rings is 3. The first-order valence-electron chi connectivity index (χ1n) is 14.2. The van der Waals surface area contributed by atoms with Crippen LogP contribution in [0.1, 0.15) is 46.6 Å². The number of nitrogens with one attached hydrogen (secondary N) is 1. The average Bonchev–Trinajstić information content (AvgIpc) is 3.79. The molecule has 1 amide bonds. The first-order chi connectivity index (χ1) is 18.4. The van der Waals surface area contributed by atoms with Crippen molar-refractivity contribution in [1.29, 1.82) is 0 Å². The zero-order chi connectivity index (χ0) is 27.6.